The smallest absolute Gasteiger partial charge is 0.399 e. The molecule has 16 heteroatoms. The summed E-state index contributed by atoms with van der Waals surface area (Å²) in [6.45, 7) is 11.8. The van der Waals surface area contributed by atoms with Crippen molar-refractivity contribution < 1.29 is 14.1 Å². The summed E-state index contributed by atoms with van der Waals surface area (Å²) >= 11 is 0. The molecule has 1 aliphatic carbocycles. The molecule has 0 spiro atoms. The number of likely N-dealkylation sites (tertiary alicyclic amines) is 1. The van der Waals surface area contributed by atoms with Gasteiger partial charge in [0.25, 0.3) is 0 Å². The Kier molecular flexibility index (Phi) is 6.74. The van der Waals surface area contributed by atoms with Gasteiger partial charge in [0.1, 0.15) is 0 Å². The number of carbonyl (C=O) groups excluding carboxylic acids is 1. The average molecular weight is 522 g/mol. The predicted octanol–water partition coefficient (Wildman–Crippen LogP) is -1.20. The van der Waals surface area contributed by atoms with Gasteiger partial charge in [-0.3, -0.25) is 4.79 Å². The van der Waals surface area contributed by atoms with Gasteiger partial charge in [0.15, 0.2) is 0 Å². The van der Waals surface area contributed by atoms with Crippen molar-refractivity contribution >= 4 is 103 Å². The van der Waals surface area contributed by atoms with Crippen molar-refractivity contribution in [3.8, 4) is 0 Å². The molecule has 5 nitrogen and oxygen atoms in total. The SMILES string of the molecule is [B]C1([B])N(C2CC(N3C(=O)C(C)(C)c4ccc(B5OC(C)(C)C(C)(C)O5)cc43)C2)C([B])([B])C([B])([B])C([B])([B])C1([B])[B]. The second-order valence-electron chi connectivity index (χ2n) is 14.1. The average Bonchev–Trinajstić information content (AvgIpc) is 3.13. The number of nitrogens with zero attached hydrogens (tertiary/aromatic N) is 2. The summed E-state index contributed by atoms with van der Waals surface area (Å²) in [7, 11) is 62.9. The summed E-state index contributed by atoms with van der Waals surface area (Å²) in [6, 6.07) is 5.09. The van der Waals surface area contributed by atoms with Crippen LogP contribution < -0.4 is 10.4 Å². The molecule has 188 valence electrons. The molecule has 1 amide bonds. The molecule has 3 aliphatic heterocycles. The molecule has 0 unspecified atom stereocenters. The van der Waals surface area contributed by atoms with E-state index in [9.17, 15) is 4.79 Å². The second kappa shape index (κ2) is 8.71. The highest BCUT2D eigenvalue weighted by Crippen LogP contribution is 2.70. The van der Waals surface area contributed by atoms with Crippen molar-refractivity contribution in [2.45, 2.75) is 109 Å². The van der Waals surface area contributed by atoms with Gasteiger partial charge in [-0.1, -0.05) is 22.8 Å². The van der Waals surface area contributed by atoms with E-state index in [2.05, 4.69) is 0 Å². The summed E-state index contributed by atoms with van der Waals surface area (Å²) in [5.74, 6) is -0.0545. The molecule has 3 fully saturated rings. The summed E-state index contributed by atoms with van der Waals surface area (Å²) < 4.78 is 12.5. The van der Waals surface area contributed by atoms with Gasteiger partial charge in [-0.15, -0.1) is 15.6 Å². The van der Waals surface area contributed by atoms with Gasteiger partial charge in [0.05, 0.1) is 95.1 Å². The van der Waals surface area contributed by atoms with Crippen LogP contribution in [0.2, 0.25) is 15.6 Å². The van der Waals surface area contributed by atoms with Crippen molar-refractivity contribution in [3.63, 3.8) is 0 Å². The van der Waals surface area contributed by atoms with Crippen molar-refractivity contribution in [3.05, 3.63) is 23.8 Å². The highest BCUT2D eigenvalue weighted by molar-refractivity contribution is 6.70. The molecule has 3 heterocycles. The van der Waals surface area contributed by atoms with Crippen molar-refractivity contribution in [2.75, 3.05) is 4.90 Å². The Bertz CT molecular complexity index is 1250. The van der Waals surface area contributed by atoms with Crippen LogP contribution in [0.1, 0.15) is 59.9 Å². The standard InChI is InChI=1S/C25H27B11N2O3/c1-18(2)15-8-7-12(36-40-19(3,4)20(5,6)41-36)9-16(15)37(17(18)39)13-10-14(11-13)38-24(32,33)22(28,29)21(26,27)23(30,31)25(38,34)35/h7-9,13-14H,10-11H2,1-6H3. The van der Waals surface area contributed by atoms with Crippen LogP contribution in [0.4, 0.5) is 5.69 Å². The third-order valence-electron chi connectivity index (χ3n) is 10.5. The molecule has 1 saturated carbocycles. The number of amides is 1. The fraction of sp³-hybridized carbons (Fsp3) is 0.720. The summed E-state index contributed by atoms with van der Waals surface area (Å²) in [6.07, 6.45) is 0.727. The molecule has 0 aromatic heterocycles. The van der Waals surface area contributed by atoms with Crippen LogP contribution in [0.25, 0.3) is 0 Å². The third kappa shape index (κ3) is 3.84. The number of benzene rings is 1. The maximum Gasteiger partial charge on any atom is 0.494 e. The summed E-state index contributed by atoms with van der Waals surface area (Å²) in [5.41, 5.74) is 0.692. The van der Waals surface area contributed by atoms with E-state index >= 15 is 0 Å². The lowest BCUT2D eigenvalue weighted by Gasteiger charge is -2.80. The number of piperidine rings is 1. The van der Waals surface area contributed by atoms with E-state index in [1.165, 1.54) is 4.90 Å². The number of carbonyl (C=O) groups is 1. The lowest BCUT2D eigenvalue weighted by atomic mass is 9.05. The van der Waals surface area contributed by atoms with Gasteiger partial charge in [-0.25, -0.2) is 0 Å². The lowest BCUT2D eigenvalue weighted by Crippen LogP contribution is -2.83. The van der Waals surface area contributed by atoms with Crippen LogP contribution in [0.5, 0.6) is 0 Å². The largest absolute Gasteiger partial charge is 0.494 e. The Morgan fingerprint density at radius 3 is 1.66 bits per heavy atom. The normalized spacial score (nSPS) is 33.2. The minimum Gasteiger partial charge on any atom is -0.399 e. The van der Waals surface area contributed by atoms with Crippen molar-refractivity contribution in [1.29, 1.82) is 0 Å². The van der Waals surface area contributed by atoms with E-state index in [4.69, 9.17) is 87.8 Å². The van der Waals surface area contributed by atoms with Gasteiger partial charge in [-0.2, -0.15) is 0 Å². The van der Waals surface area contributed by atoms with E-state index in [-0.39, 0.29) is 11.9 Å². The van der Waals surface area contributed by atoms with E-state index < -0.39 is 56.1 Å². The van der Waals surface area contributed by atoms with Gasteiger partial charge in [-0.05, 0) is 71.5 Å². The topological polar surface area (TPSA) is 42.0 Å². The van der Waals surface area contributed by atoms with E-state index in [0.717, 1.165) is 16.7 Å². The third-order valence-corrected chi connectivity index (χ3v) is 10.5. The zero-order chi connectivity index (χ0) is 31.1. The molecule has 1 aromatic carbocycles. The summed E-state index contributed by atoms with van der Waals surface area (Å²) in [5, 5.41) is -10.9. The maximum atomic E-state index is 13.8. The zero-order valence-corrected chi connectivity index (χ0v) is 24.8. The van der Waals surface area contributed by atoms with Crippen molar-refractivity contribution in [1.82, 2.24) is 4.90 Å². The number of rotatable bonds is 3. The molecule has 0 bridgehead atoms. The number of hydrogen-bond acceptors (Lipinski definition) is 4. The number of anilines is 1. The van der Waals surface area contributed by atoms with Crippen LogP contribution in [0, 0.1) is 0 Å². The molecule has 0 N–H and O–H groups in total. The van der Waals surface area contributed by atoms with Gasteiger partial charge in [0, 0.05) is 17.8 Å². The highest BCUT2D eigenvalue weighted by Gasteiger charge is 2.66. The Morgan fingerprint density at radius 1 is 0.732 bits per heavy atom. The van der Waals surface area contributed by atoms with Crippen LogP contribution >= 0.6 is 0 Å². The molecule has 1 aromatic rings. The molecule has 41 heavy (non-hydrogen) atoms. The number of hydrogen-bond donors (Lipinski definition) is 0. The maximum absolute atomic E-state index is 13.8. The van der Waals surface area contributed by atoms with E-state index in [1.807, 2.05) is 59.7 Å². The first-order valence-electron chi connectivity index (χ1n) is 13.8. The van der Waals surface area contributed by atoms with Crippen LogP contribution in [0.15, 0.2) is 18.2 Å². The first-order valence-corrected chi connectivity index (χ1v) is 13.8. The predicted molar refractivity (Wildman–Crippen MR) is 172 cm³/mol. The minimum atomic E-state index is -2.26. The van der Waals surface area contributed by atoms with Gasteiger partial charge >= 0.3 is 7.12 Å². The monoisotopic (exact) mass is 524 g/mol. The number of fused-ring (bicyclic) bond motifs is 1. The minimum absolute atomic E-state index is 0.0545. The van der Waals surface area contributed by atoms with Gasteiger partial charge in [0.2, 0.25) is 5.91 Å². The zero-order valence-electron chi connectivity index (χ0n) is 24.8. The van der Waals surface area contributed by atoms with Gasteiger partial charge < -0.3 is 19.1 Å². The molecule has 5 rings (SSSR count). The fourth-order valence-corrected chi connectivity index (χ4v) is 6.59. The van der Waals surface area contributed by atoms with Crippen LogP contribution in [0.3, 0.4) is 0 Å². The quantitative estimate of drug-likeness (QED) is 0.468. The van der Waals surface area contributed by atoms with Crippen molar-refractivity contribution in [2.24, 2.45) is 0 Å². The fourth-order valence-electron chi connectivity index (χ4n) is 6.59. The van der Waals surface area contributed by atoms with E-state index in [1.54, 1.807) is 4.90 Å². The van der Waals surface area contributed by atoms with E-state index in [0.29, 0.717) is 12.8 Å². The second-order valence-corrected chi connectivity index (χ2v) is 14.1. The molecular formula is C25H27B11N2O3. The highest BCUT2D eigenvalue weighted by atomic mass is 16.7. The Hall–Kier alpha value is -0.716. The first-order chi connectivity index (χ1) is 18.3. The Labute approximate surface area is 259 Å². The first kappa shape index (κ1) is 31.7. The summed E-state index contributed by atoms with van der Waals surface area (Å²) in [4.78, 5) is 16.9. The Balaban J connectivity index is 1.46. The Morgan fingerprint density at radius 2 is 1.20 bits per heavy atom. The molecular weight excluding hydrogens is 495 g/mol. The molecule has 0 atom stereocenters. The molecule has 2 saturated heterocycles. The molecule has 4 aliphatic rings. The lowest BCUT2D eigenvalue weighted by molar-refractivity contribution is -0.123. The molecule has 20 radical (unpaired) electrons. The van der Waals surface area contributed by atoms with Crippen LogP contribution in [-0.2, 0) is 19.5 Å². The van der Waals surface area contributed by atoms with Crippen LogP contribution in [-0.4, -0.2) is 130 Å².